The molecule has 1 aromatic rings. The predicted octanol–water partition coefficient (Wildman–Crippen LogP) is 1.91. The Balaban J connectivity index is 1.58. The highest BCUT2D eigenvalue weighted by atomic mass is 32.2. The third-order valence-electron chi connectivity index (χ3n) is 5.52. The van der Waals surface area contributed by atoms with Gasteiger partial charge >= 0.3 is 0 Å². The van der Waals surface area contributed by atoms with Crippen LogP contribution < -0.4 is 10.6 Å². The van der Waals surface area contributed by atoms with E-state index in [0.29, 0.717) is 24.5 Å². The second-order valence-electron chi connectivity index (χ2n) is 7.66. The molecule has 0 radical (unpaired) electrons. The fraction of sp³-hybridized carbons (Fsp3) is 0.650. The molecule has 2 N–H and O–H groups in total. The first-order chi connectivity index (χ1) is 13.0. The number of nitrogens with zero attached hydrogens (tertiary/aromatic N) is 1. The van der Waals surface area contributed by atoms with Crippen LogP contribution >= 0.6 is 0 Å². The zero-order chi connectivity index (χ0) is 19.3. The van der Waals surface area contributed by atoms with Crippen LogP contribution in [0.2, 0.25) is 0 Å². The maximum absolute atomic E-state index is 13.0. The number of piperidine rings is 1. The van der Waals surface area contributed by atoms with E-state index in [1.807, 2.05) is 12.1 Å². The Bertz CT molecular complexity index is 727. The van der Waals surface area contributed by atoms with Crippen molar-refractivity contribution in [2.45, 2.75) is 56.4 Å². The van der Waals surface area contributed by atoms with Gasteiger partial charge in [-0.3, -0.25) is 4.79 Å². The van der Waals surface area contributed by atoms with Crippen molar-refractivity contribution in [2.24, 2.45) is 5.92 Å². The molecule has 2 fully saturated rings. The normalized spacial score (nSPS) is 24.0. The molecule has 2 saturated heterocycles. The van der Waals surface area contributed by atoms with Crippen LogP contribution in [-0.2, 0) is 21.2 Å². The molecule has 0 saturated carbocycles. The Morgan fingerprint density at radius 1 is 1.22 bits per heavy atom. The van der Waals surface area contributed by atoms with Gasteiger partial charge in [0.15, 0.2) is 0 Å². The third-order valence-corrected chi connectivity index (χ3v) is 7.40. The summed E-state index contributed by atoms with van der Waals surface area (Å²) in [7, 11) is -3.47. The highest BCUT2D eigenvalue weighted by molar-refractivity contribution is 7.89. The first-order valence-electron chi connectivity index (χ1n) is 10.1. The van der Waals surface area contributed by atoms with E-state index in [9.17, 15) is 13.2 Å². The average molecular weight is 394 g/mol. The van der Waals surface area contributed by atoms with Gasteiger partial charge in [-0.25, -0.2) is 8.42 Å². The van der Waals surface area contributed by atoms with E-state index in [1.165, 1.54) is 0 Å². The SMILES string of the molecule is CCCc1ccc(S(=O)(=O)N2CCCC(CNC(=O)C3CCCN3)C2)cc1. The number of benzene rings is 1. The van der Waals surface area contributed by atoms with Gasteiger partial charge in [-0.05, 0) is 62.3 Å². The summed E-state index contributed by atoms with van der Waals surface area (Å²) in [5.41, 5.74) is 1.16. The summed E-state index contributed by atoms with van der Waals surface area (Å²) in [5.74, 6) is 0.206. The minimum atomic E-state index is -3.47. The topological polar surface area (TPSA) is 78.5 Å². The van der Waals surface area contributed by atoms with E-state index >= 15 is 0 Å². The number of hydrogen-bond acceptors (Lipinski definition) is 4. The summed E-state index contributed by atoms with van der Waals surface area (Å²) in [6.45, 7) is 4.56. The molecule has 2 aliphatic rings. The molecule has 7 heteroatoms. The summed E-state index contributed by atoms with van der Waals surface area (Å²) in [6.07, 6.45) is 5.69. The van der Waals surface area contributed by atoms with E-state index < -0.39 is 10.0 Å². The van der Waals surface area contributed by atoms with Crippen molar-refractivity contribution in [1.82, 2.24) is 14.9 Å². The fourth-order valence-electron chi connectivity index (χ4n) is 3.95. The Morgan fingerprint density at radius 3 is 2.67 bits per heavy atom. The van der Waals surface area contributed by atoms with Gasteiger partial charge in [-0.1, -0.05) is 25.5 Å². The number of amides is 1. The Kier molecular flexibility index (Phi) is 6.89. The summed E-state index contributed by atoms with van der Waals surface area (Å²) in [5, 5.41) is 6.20. The number of nitrogens with one attached hydrogen (secondary N) is 2. The molecule has 2 heterocycles. The molecule has 0 bridgehead atoms. The molecule has 0 spiro atoms. The van der Waals surface area contributed by atoms with Gasteiger partial charge < -0.3 is 10.6 Å². The number of aryl methyl sites for hydroxylation is 1. The number of carbonyl (C=O) groups is 1. The van der Waals surface area contributed by atoms with Gasteiger partial charge in [0, 0.05) is 19.6 Å². The molecular formula is C20H31N3O3S. The number of carbonyl (C=O) groups excluding carboxylic acids is 1. The van der Waals surface area contributed by atoms with Gasteiger partial charge in [0.05, 0.1) is 10.9 Å². The van der Waals surface area contributed by atoms with Crippen LogP contribution in [-0.4, -0.2) is 50.9 Å². The lowest BCUT2D eigenvalue weighted by Gasteiger charge is -2.32. The molecule has 2 unspecified atom stereocenters. The van der Waals surface area contributed by atoms with E-state index in [-0.39, 0.29) is 17.9 Å². The van der Waals surface area contributed by atoms with Crippen molar-refractivity contribution in [3.8, 4) is 0 Å². The Morgan fingerprint density at radius 2 is 2.00 bits per heavy atom. The Hall–Kier alpha value is -1.44. The van der Waals surface area contributed by atoms with E-state index in [4.69, 9.17) is 0 Å². The van der Waals surface area contributed by atoms with Crippen molar-refractivity contribution < 1.29 is 13.2 Å². The first kappa shape index (κ1) is 20.3. The lowest BCUT2D eigenvalue weighted by Crippen LogP contribution is -2.46. The summed E-state index contributed by atoms with van der Waals surface area (Å²) in [6, 6.07) is 7.17. The molecule has 1 aromatic carbocycles. The van der Waals surface area contributed by atoms with Gasteiger partial charge in [0.2, 0.25) is 15.9 Å². The molecule has 6 nitrogen and oxygen atoms in total. The smallest absolute Gasteiger partial charge is 0.243 e. The van der Waals surface area contributed by atoms with Crippen LogP contribution in [0.4, 0.5) is 0 Å². The minimum absolute atomic E-state index is 0.0407. The predicted molar refractivity (Wildman–Crippen MR) is 106 cm³/mol. The van der Waals surface area contributed by atoms with E-state index in [2.05, 4.69) is 17.6 Å². The first-order valence-corrected chi connectivity index (χ1v) is 11.5. The molecule has 2 atom stereocenters. The van der Waals surface area contributed by atoms with E-state index in [0.717, 1.165) is 50.6 Å². The zero-order valence-corrected chi connectivity index (χ0v) is 16.9. The zero-order valence-electron chi connectivity index (χ0n) is 16.1. The molecular weight excluding hydrogens is 362 g/mol. The van der Waals surface area contributed by atoms with Crippen LogP contribution in [0.15, 0.2) is 29.2 Å². The molecule has 150 valence electrons. The standard InChI is InChI=1S/C20H31N3O3S/c1-2-5-16-8-10-18(11-9-16)27(25,26)23-13-4-6-17(15-23)14-22-20(24)19-7-3-12-21-19/h8-11,17,19,21H,2-7,12-15H2,1H3,(H,22,24). The van der Waals surface area contributed by atoms with Crippen molar-refractivity contribution in [2.75, 3.05) is 26.2 Å². The van der Waals surface area contributed by atoms with Crippen molar-refractivity contribution >= 4 is 15.9 Å². The maximum Gasteiger partial charge on any atom is 0.243 e. The van der Waals surface area contributed by atoms with Crippen molar-refractivity contribution in [3.63, 3.8) is 0 Å². The molecule has 1 amide bonds. The largest absolute Gasteiger partial charge is 0.354 e. The second kappa shape index (κ2) is 9.17. The minimum Gasteiger partial charge on any atom is -0.354 e. The molecule has 3 rings (SSSR count). The lowest BCUT2D eigenvalue weighted by molar-refractivity contribution is -0.123. The summed E-state index contributed by atoms with van der Waals surface area (Å²) in [4.78, 5) is 12.5. The second-order valence-corrected chi connectivity index (χ2v) is 9.60. The van der Waals surface area contributed by atoms with Gasteiger partial charge in [0.1, 0.15) is 0 Å². The highest BCUT2D eigenvalue weighted by Gasteiger charge is 2.31. The number of hydrogen-bond donors (Lipinski definition) is 2. The summed E-state index contributed by atoms with van der Waals surface area (Å²) >= 11 is 0. The van der Waals surface area contributed by atoms with E-state index in [1.54, 1.807) is 16.4 Å². The molecule has 0 aromatic heterocycles. The molecule has 0 aliphatic carbocycles. The van der Waals surface area contributed by atoms with Gasteiger partial charge in [0.25, 0.3) is 0 Å². The highest BCUT2D eigenvalue weighted by Crippen LogP contribution is 2.24. The Labute approximate surface area is 162 Å². The average Bonchev–Trinajstić information content (AvgIpc) is 3.22. The van der Waals surface area contributed by atoms with Gasteiger partial charge in [-0.2, -0.15) is 4.31 Å². The third kappa shape index (κ3) is 5.09. The summed E-state index contributed by atoms with van der Waals surface area (Å²) < 4.78 is 27.5. The quantitative estimate of drug-likeness (QED) is 0.742. The maximum atomic E-state index is 13.0. The molecule has 2 aliphatic heterocycles. The monoisotopic (exact) mass is 393 g/mol. The molecule has 27 heavy (non-hydrogen) atoms. The van der Waals surface area contributed by atoms with Crippen LogP contribution in [0.25, 0.3) is 0 Å². The van der Waals surface area contributed by atoms with Crippen LogP contribution in [0.5, 0.6) is 0 Å². The van der Waals surface area contributed by atoms with Crippen molar-refractivity contribution in [1.29, 1.82) is 0 Å². The number of sulfonamides is 1. The lowest BCUT2D eigenvalue weighted by atomic mass is 9.99. The van der Waals surface area contributed by atoms with Crippen LogP contribution in [0.3, 0.4) is 0 Å². The van der Waals surface area contributed by atoms with Crippen LogP contribution in [0, 0.1) is 5.92 Å². The van der Waals surface area contributed by atoms with Crippen LogP contribution in [0.1, 0.15) is 44.6 Å². The number of rotatable bonds is 7. The fourth-order valence-corrected chi connectivity index (χ4v) is 5.51. The van der Waals surface area contributed by atoms with Gasteiger partial charge in [-0.15, -0.1) is 0 Å². The van der Waals surface area contributed by atoms with Crippen molar-refractivity contribution in [3.05, 3.63) is 29.8 Å².